The zero-order valence-electron chi connectivity index (χ0n) is 14.9. The number of carbonyl (C=O) groups is 3. The molecule has 1 unspecified atom stereocenters. The van der Waals surface area contributed by atoms with E-state index in [-0.39, 0.29) is 18.4 Å². The molecule has 0 aliphatic carbocycles. The molecule has 9 heteroatoms. The van der Waals surface area contributed by atoms with E-state index in [0.717, 1.165) is 6.42 Å². The maximum absolute atomic E-state index is 12.4. The molecule has 1 heterocycles. The number of rotatable bonds is 6. The van der Waals surface area contributed by atoms with Crippen LogP contribution >= 0.6 is 15.9 Å². The predicted octanol–water partition coefficient (Wildman–Crippen LogP) is 0.933. The van der Waals surface area contributed by atoms with Crippen molar-refractivity contribution in [1.29, 1.82) is 0 Å². The third-order valence-electron chi connectivity index (χ3n) is 4.23. The third kappa shape index (κ3) is 4.27. The average Bonchev–Trinajstić information content (AvgIpc) is 3.15. The lowest BCUT2D eigenvalue weighted by Gasteiger charge is -2.23. The summed E-state index contributed by atoms with van der Waals surface area (Å²) in [6.45, 7) is 0.319. The van der Waals surface area contributed by atoms with Gasteiger partial charge in [-0.25, -0.2) is 0 Å². The number of nitrogens with one attached hydrogen (secondary N) is 2. The Morgan fingerprint density at radius 3 is 2.38 bits per heavy atom. The van der Waals surface area contributed by atoms with E-state index in [1.807, 2.05) is 0 Å². The lowest BCUT2D eigenvalue weighted by Crippen LogP contribution is -2.48. The molecule has 3 amide bonds. The fourth-order valence-electron chi connectivity index (χ4n) is 2.86. The quantitative estimate of drug-likeness (QED) is 0.703. The van der Waals surface area contributed by atoms with Crippen LogP contribution in [0.25, 0.3) is 0 Å². The standard InChI is InChI=1S/C17H22BrN3O5/c1-19-17(24)11-5-4-6-21(11)14(22)9-20-16(23)10-7-12(25-2)15(18)13(8-10)26-3/h7-8,11H,4-6,9H2,1-3H3,(H,19,24)(H,20,23). The monoisotopic (exact) mass is 427 g/mol. The van der Waals surface area contributed by atoms with Gasteiger partial charge in [0, 0.05) is 19.2 Å². The third-order valence-corrected chi connectivity index (χ3v) is 5.01. The van der Waals surface area contributed by atoms with E-state index in [4.69, 9.17) is 9.47 Å². The van der Waals surface area contributed by atoms with Gasteiger partial charge in [0.2, 0.25) is 11.8 Å². The molecule has 1 atom stereocenters. The van der Waals surface area contributed by atoms with E-state index in [1.54, 1.807) is 19.2 Å². The molecule has 1 fully saturated rings. The summed E-state index contributed by atoms with van der Waals surface area (Å²) in [6.07, 6.45) is 1.39. The van der Waals surface area contributed by atoms with Gasteiger partial charge >= 0.3 is 0 Å². The Labute approximate surface area is 160 Å². The molecule has 1 aliphatic heterocycles. The van der Waals surface area contributed by atoms with E-state index in [1.165, 1.54) is 19.1 Å². The van der Waals surface area contributed by atoms with Crippen LogP contribution in [-0.4, -0.2) is 63.0 Å². The van der Waals surface area contributed by atoms with E-state index < -0.39 is 11.9 Å². The number of methoxy groups -OCH3 is 2. The van der Waals surface area contributed by atoms with Gasteiger partial charge in [-0.2, -0.15) is 0 Å². The second kappa shape index (κ2) is 8.88. The molecule has 1 aliphatic rings. The van der Waals surface area contributed by atoms with Crippen LogP contribution in [0.2, 0.25) is 0 Å². The summed E-state index contributed by atoms with van der Waals surface area (Å²) >= 11 is 3.34. The van der Waals surface area contributed by atoms with Gasteiger partial charge in [0.25, 0.3) is 5.91 Å². The van der Waals surface area contributed by atoms with E-state index >= 15 is 0 Å². The largest absolute Gasteiger partial charge is 0.495 e. The van der Waals surface area contributed by atoms with Gasteiger partial charge < -0.3 is 25.0 Å². The summed E-state index contributed by atoms with van der Waals surface area (Å²) < 4.78 is 11.0. The number of ether oxygens (including phenoxy) is 2. The van der Waals surface area contributed by atoms with Crippen molar-refractivity contribution in [1.82, 2.24) is 15.5 Å². The molecule has 142 valence electrons. The van der Waals surface area contributed by atoms with Crippen LogP contribution in [0, 0.1) is 0 Å². The zero-order chi connectivity index (χ0) is 19.3. The molecular formula is C17H22BrN3O5. The first kappa shape index (κ1) is 20.0. The summed E-state index contributed by atoms with van der Waals surface area (Å²) in [6, 6.07) is 2.63. The highest BCUT2D eigenvalue weighted by Gasteiger charge is 2.33. The van der Waals surface area contributed by atoms with Gasteiger partial charge in [-0.3, -0.25) is 14.4 Å². The van der Waals surface area contributed by atoms with Gasteiger partial charge in [-0.15, -0.1) is 0 Å². The summed E-state index contributed by atoms with van der Waals surface area (Å²) in [4.78, 5) is 38.1. The number of carbonyl (C=O) groups excluding carboxylic acids is 3. The highest BCUT2D eigenvalue weighted by Crippen LogP contribution is 2.35. The molecule has 1 saturated heterocycles. The SMILES string of the molecule is CNC(=O)C1CCCN1C(=O)CNC(=O)c1cc(OC)c(Br)c(OC)c1. The molecule has 1 aromatic carbocycles. The van der Waals surface area contributed by atoms with Crippen LogP contribution in [0.3, 0.4) is 0 Å². The molecule has 8 nitrogen and oxygen atoms in total. The van der Waals surface area contributed by atoms with Crippen LogP contribution < -0.4 is 20.1 Å². The minimum atomic E-state index is -0.475. The average molecular weight is 428 g/mol. The zero-order valence-corrected chi connectivity index (χ0v) is 16.5. The topological polar surface area (TPSA) is 97.0 Å². The van der Waals surface area contributed by atoms with E-state index in [0.29, 0.717) is 34.5 Å². The lowest BCUT2D eigenvalue weighted by molar-refractivity contribution is -0.137. The Kier molecular flexibility index (Phi) is 6.84. The van der Waals surface area contributed by atoms with Gasteiger partial charge in [0.15, 0.2) is 0 Å². The van der Waals surface area contributed by atoms with Crippen molar-refractivity contribution in [3.05, 3.63) is 22.2 Å². The molecule has 26 heavy (non-hydrogen) atoms. The Morgan fingerprint density at radius 2 is 1.85 bits per heavy atom. The number of likely N-dealkylation sites (N-methyl/N-ethyl adjacent to an activating group) is 1. The first-order valence-electron chi connectivity index (χ1n) is 8.13. The van der Waals surface area contributed by atoms with Crippen molar-refractivity contribution in [3.63, 3.8) is 0 Å². The van der Waals surface area contributed by atoms with Crippen LogP contribution in [0.1, 0.15) is 23.2 Å². The van der Waals surface area contributed by atoms with Crippen molar-refractivity contribution in [2.45, 2.75) is 18.9 Å². The molecule has 0 bridgehead atoms. The molecule has 0 radical (unpaired) electrons. The van der Waals surface area contributed by atoms with Crippen molar-refractivity contribution < 1.29 is 23.9 Å². The molecule has 2 N–H and O–H groups in total. The summed E-state index contributed by atoms with van der Waals surface area (Å²) in [5.41, 5.74) is 0.305. The number of nitrogens with zero attached hydrogens (tertiary/aromatic N) is 1. The Bertz CT molecular complexity index is 685. The Balaban J connectivity index is 2.04. The van der Waals surface area contributed by atoms with Gasteiger partial charge in [0.05, 0.1) is 20.8 Å². The number of likely N-dealkylation sites (tertiary alicyclic amines) is 1. The number of hydrogen-bond donors (Lipinski definition) is 2. The first-order chi connectivity index (χ1) is 12.4. The Hall–Kier alpha value is -2.29. The number of hydrogen-bond acceptors (Lipinski definition) is 5. The normalized spacial score (nSPS) is 16.2. The minimum absolute atomic E-state index is 0.187. The molecular weight excluding hydrogens is 406 g/mol. The lowest BCUT2D eigenvalue weighted by atomic mass is 10.2. The van der Waals surface area contributed by atoms with Gasteiger partial charge in [-0.05, 0) is 40.9 Å². The predicted molar refractivity (Wildman–Crippen MR) is 98.4 cm³/mol. The highest BCUT2D eigenvalue weighted by molar-refractivity contribution is 9.10. The maximum Gasteiger partial charge on any atom is 0.251 e. The number of benzene rings is 1. The second-order valence-electron chi connectivity index (χ2n) is 5.74. The minimum Gasteiger partial charge on any atom is -0.495 e. The van der Waals surface area contributed by atoms with Gasteiger partial charge in [-0.1, -0.05) is 0 Å². The molecule has 2 rings (SSSR count). The fourth-order valence-corrected chi connectivity index (χ4v) is 3.42. The second-order valence-corrected chi connectivity index (χ2v) is 6.53. The van der Waals surface area contributed by atoms with Crippen molar-refractivity contribution in [2.75, 3.05) is 34.4 Å². The molecule has 1 aromatic rings. The first-order valence-corrected chi connectivity index (χ1v) is 8.93. The molecule has 0 saturated carbocycles. The van der Waals surface area contributed by atoms with Crippen LogP contribution in [-0.2, 0) is 9.59 Å². The number of amides is 3. The van der Waals surface area contributed by atoms with Crippen LogP contribution in [0.15, 0.2) is 16.6 Å². The fraction of sp³-hybridized carbons (Fsp3) is 0.471. The van der Waals surface area contributed by atoms with Crippen molar-refractivity contribution in [2.24, 2.45) is 0 Å². The molecule has 0 aromatic heterocycles. The summed E-state index contributed by atoms with van der Waals surface area (Å²) in [5.74, 6) is -0.0247. The van der Waals surface area contributed by atoms with Crippen LogP contribution in [0.4, 0.5) is 0 Å². The number of halogens is 1. The van der Waals surface area contributed by atoms with E-state index in [9.17, 15) is 14.4 Å². The Morgan fingerprint density at radius 1 is 1.23 bits per heavy atom. The summed E-state index contributed by atoms with van der Waals surface area (Å²) in [7, 11) is 4.51. The van der Waals surface area contributed by atoms with E-state index in [2.05, 4.69) is 26.6 Å². The van der Waals surface area contributed by atoms with Crippen LogP contribution in [0.5, 0.6) is 11.5 Å². The smallest absolute Gasteiger partial charge is 0.251 e. The summed E-state index contributed by atoms with van der Waals surface area (Å²) in [5, 5.41) is 5.15. The molecule has 0 spiro atoms. The maximum atomic E-state index is 12.4. The van der Waals surface area contributed by atoms with Crippen molar-refractivity contribution >= 4 is 33.7 Å². The highest BCUT2D eigenvalue weighted by atomic mass is 79.9. The van der Waals surface area contributed by atoms with Crippen molar-refractivity contribution in [3.8, 4) is 11.5 Å². The van der Waals surface area contributed by atoms with Gasteiger partial charge in [0.1, 0.15) is 22.0 Å².